The molecule has 0 saturated carbocycles. The number of Topliss-reactive ketones (excluding diaryl/α,β-unsaturated/α-hetero) is 1. The van der Waals surface area contributed by atoms with E-state index in [0.717, 1.165) is 5.56 Å². The maximum absolute atomic E-state index is 12.2. The van der Waals surface area contributed by atoms with Crippen LogP contribution in [0.25, 0.3) is 11.8 Å². The maximum Gasteiger partial charge on any atom is 0.193 e. The van der Waals surface area contributed by atoms with Gasteiger partial charge in [0.1, 0.15) is 11.3 Å². The molecule has 0 heterocycles. The summed E-state index contributed by atoms with van der Waals surface area (Å²) in [5, 5.41) is 10.2. The van der Waals surface area contributed by atoms with E-state index < -0.39 is 11.6 Å². The summed E-state index contributed by atoms with van der Waals surface area (Å²) in [4.78, 5) is 24.0. The second kappa shape index (κ2) is 7.18. The van der Waals surface area contributed by atoms with Gasteiger partial charge in [-0.25, -0.2) is 0 Å². The van der Waals surface area contributed by atoms with E-state index in [4.69, 9.17) is 0 Å². The molecule has 0 aromatic heterocycles. The van der Waals surface area contributed by atoms with Crippen LogP contribution in [0.2, 0.25) is 0 Å². The van der Waals surface area contributed by atoms with Crippen LogP contribution in [0, 0.1) is 0 Å². The van der Waals surface area contributed by atoms with E-state index in [2.05, 4.69) is 0 Å². The van der Waals surface area contributed by atoms with E-state index in [1.807, 2.05) is 30.3 Å². The topological polar surface area (TPSA) is 54.4 Å². The van der Waals surface area contributed by atoms with Crippen LogP contribution in [-0.4, -0.2) is 16.7 Å². The Balaban J connectivity index is 2.34. The molecule has 0 bridgehead atoms. The Kier molecular flexibility index (Phi) is 5.04. The Labute approximate surface area is 129 Å². The van der Waals surface area contributed by atoms with Crippen LogP contribution in [-0.2, 0) is 9.59 Å². The number of ketones is 2. The van der Waals surface area contributed by atoms with Gasteiger partial charge in [0.05, 0.1) is 0 Å². The minimum absolute atomic E-state index is 0.210. The first kappa shape index (κ1) is 15.4. The number of aliphatic hydroxyl groups excluding tert-OH is 1. The molecule has 0 aliphatic carbocycles. The SMILES string of the molecule is CC(=O)/C(C(=O)/C=C/c1ccccc1)=C(\O)c1ccccc1. The number of hydrogen-bond donors (Lipinski definition) is 1. The minimum atomic E-state index is -0.516. The monoisotopic (exact) mass is 292 g/mol. The third-order valence-electron chi connectivity index (χ3n) is 3.11. The van der Waals surface area contributed by atoms with E-state index in [1.54, 1.807) is 36.4 Å². The van der Waals surface area contributed by atoms with Crippen molar-refractivity contribution in [3.05, 3.63) is 83.4 Å². The molecule has 0 fully saturated rings. The van der Waals surface area contributed by atoms with Crippen LogP contribution >= 0.6 is 0 Å². The molecule has 0 unspecified atom stereocenters. The van der Waals surface area contributed by atoms with Gasteiger partial charge in [0.25, 0.3) is 0 Å². The molecule has 0 aliphatic rings. The molecule has 2 rings (SSSR count). The molecule has 3 heteroatoms. The number of aliphatic hydroxyl groups is 1. The second-order valence-corrected chi connectivity index (χ2v) is 4.75. The Morgan fingerprint density at radius 1 is 0.909 bits per heavy atom. The van der Waals surface area contributed by atoms with Crippen LogP contribution in [0.1, 0.15) is 18.1 Å². The standard InChI is InChI=1S/C19H16O3/c1-14(20)18(19(22)16-10-6-3-7-11-16)17(21)13-12-15-8-4-2-5-9-15/h2-13,22H,1H3/b13-12+,19-18+. The Morgan fingerprint density at radius 3 is 2.00 bits per heavy atom. The molecule has 0 radical (unpaired) electrons. The Morgan fingerprint density at radius 2 is 1.45 bits per heavy atom. The fourth-order valence-corrected chi connectivity index (χ4v) is 2.02. The van der Waals surface area contributed by atoms with Gasteiger partial charge in [0.15, 0.2) is 11.6 Å². The lowest BCUT2D eigenvalue weighted by molar-refractivity contribution is -0.118. The lowest BCUT2D eigenvalue weighted by Gasteiger charge is -2.05. The number of allylic oxidation sites excluding steroid dienone is 2. The molecule has 22 heavy (non-hydrogen) atoms. The highest BCUT2D eigenvalue weighted by molar-refractivity contribution is 6.28. The number of rotatable bonds is 5. The van der Waals surface area contributed by atoms with E-state index in [1.165, 1.54) is 13.0 Å². The summed E-state index contributed by atoms with van der Waals surface area (Å²) in [6, 6.07) is 17.8. The van der Waals surface area contributed by atoms with Crippen LogP contribution < -0.4 is 0 Å². The molecule has 0 atom stereocenters. The van der Waals surface area contributed by atoms with Crippen molar-refractivity contribution in [2.75, 3.05) is 0 Å². The molecule has 2 aromatic carbocycles. The fraction of sp³-hybridized carbons (Fsp3) is 0.0526. The van der Waals surface area contributed by atoms with Crippen LogP contribution in [0.5, 0.6) is 0 Å². The molecule has 3 nitrogen and oxygen atoms in total. The summed E-state index contributed by atoms with van der Waals surface area (Å²) >= 11 is 0. The van der Waals surface area contributed by atoms with Crippen molar-refractivity contribution in [3.8, 4) is 0 Å². The van der Waals surface area contributed by atoms with Crippen LogP contribution in [0.3, 0.4) is 0 Å². The molecule has 1 N–H and O–H groups in total. The van der Waals surface area contributed by atoms with Crippen molar-refractivity contribution in [1.29, 1.82) is 0 Å². The summed E-state index contributed by atoms with van der Waals surface area (Å²) < 4.78 is 0. The van der Waals surface area contributed by atoms with Crippen molar-refractivity contribution in [3.63, 3.8) is 0 Å². The van der Waals surface area contributed by atoms with Gasteiger partial charge >= 0.3 is 0 Å². The van der Waals surface area contributed by atoms with E-state index in [-0.39, 0.29) is 11.3 Å². The summed E-state index contributed by atoms with van der Waals surface area (Å²) in [6.45, 7) is 1.27. The third-order valence-corrected chi connectivity index (χ3v) is 3.11. The predicted octanol–water partition coefficient (Wildman–Crippen LogP) is 3.83. The van der Waals surface area contributed by atoms with Gasteiger partial charge in [-0.05, 0) is 18.6 Å². The average Bonchev–Trinajstić information content (AvgIpc) is 2.54. The minimum Gasteiger partial charge on any atom is -0.506 e. The van der Waals surface area contributed by atoms with Crippen molar-refractivity contribution < 1.29 is 14.7 Å². The molecule has 0 amide bonds. The number of carbonyl (C=O) groups is 2. The quantitative estimate of drug-likeness (QED) is 0.394. The molecular weight excluding hydrogens is 276 g/mol. The Hall–Kier alpha value is -2.94. The summed E-state index contributed by atoms with van der Waals surface area (Å²) in [6.07, 6.45) is 2.91. The first-order valence-corrected chi connectivity index (χ1v) is 6.86. The zero-order chi connectivity index (χ0) is 15.9. The highest BCUT2D eigenvalue weighted by Crippen LogP contribution is 2.18. The average molecular weight is 292 g/mol. The second-order valence-electron chi connectivity index (χ2n) is 4.75. The highest BCUT2D eigenvalue weighted by Gasteiger charge is 2.18. The van der Waals surface area contributed by atoms with E-state index >= 15 is 0 Å². The summed E-state index contributed by atoms with van der Waals surface area (Å²) in [5.74, 6) is -1.28. The van der Waals surface area contributed by atoms with Crippen LogP contribution in [0.15, 0.2) is 72.3 Å². The van der Waals surface area contributed by atoms with Crippen molar-refractivity contribution in [1.82, 2.24) is 0 Å². The smallest absolute Gasteiger partial charge is 0.193 e. The van der Waals surface area contributed by atoms with E-state index in [0.29, 0.717) is 5.56 Å². The van der Waals surface area contributed by atoms with Gasteiger partial charge < -0.3 is 5.11 Å². The first-order valence-electron chi connectivity index (χ1n) is 6.86. The number of benzene rings is 2. The number of carbonyl (C=O) groups excluding carboxylic acids is 2. The van der Waals surface area contributed by atoms with Gasteiger partial charge in [-0.2, -0.15) is 0 Å². The maximum atomic E-state index is 12.2. The fourth-order valence-electron chi connectivity index (χ4n) is 2.02. The summed E-state index contributed by atoms with van der Waals surface area (Å²) in [5.41, 5.74) is 1.07. The first-order chi connectivity index (χ1) is 10.6. The normalized spacial score (nSPS) is 12.0. The van der Waals surface area contributed by atoms with Crippen LogP contribution in [0.4, 0.5) is 0 Å². The lowest BCUT2D eigenvalue weighted by atomic mass is 10.0. The molecule has 0 spiro atoms. The molecule has 0 saturated heterocycles. The Bertz CT molecular complexity index is 726. The summed E-state index contributed by atoms with van der Waals surface area (Å²) in [7, 11) is 0. The number of hydrogen-bond acceptors (Lipinski definition) is 3. The van der Waals surface area contributed by atoms with Crippen molar-refractivity contribution >= 4 is 23.4 Å². The third kappa shape index (κ3) is 3.79. The highest BCUT2D eigenvalue weighted by atomic mass is 16.3. The van der Waals surface area contributed by atoms with Crippen molar-refractivity contribution in [2.24, 2.45) is 0 Å². The molecule has 110 valence electrons. The molecule has 2 aromatic rings. The van der Waals surface area contributed by atoms with Gasteiger partial charge in [0, 0.05) is 5.56 Å². The largest absolute Gasteiger partial charge is 0.506 e. The van der Waals surface area contributed by atoms with Gasteiger partial charge in [0.2, 0.25) is 0 Å². The molecule has 0 aliphatic heterocycles. The molecular formula is C19H16O3. The zero-order valence-corrected chi connectivity index (χ0v) is 12.2. The van der Waals surface area contributed by atoms with Gasteiger partial charge in [-0.3, -0.25) is 9.59 Å². The van der Waals surface area contributed by atoms with Crippen molar-refractivity contribution in [2.45, 2.75) is 6.92 Å². The van der Waals surface area contributed by atoms with Gasteiger partial charge in [-0.15, -0.1) is 0 Å². The lowest BCUT2D eigenvalue weighted by Crippen LogP contribution is -2.10. The van der Waals surface area contributed by atoms with Gasteiger partial charge in [-0.1, -0.05) is 66.7 Å². The van der Waals surface area contributed by atoms with E-state index in [9.17, 15) is 14.7 Å². The predicted molar refractivity (Wildman–Crippen MR) is 87.2 cm³/mol. The zero-order valence-electron chi connectivity index (χ0n) is 12.2.